The molecule has 0 fully saturated rings. The molecular formula is C44H44N2OP2. The van der Waals surface area contributed by atoms with Crippen molar-refractivity contribution in [3.63, 3.8) is 0 Å². The molecule has 5 heteroatoms. The summed E-state index contributed by atoms with van der Waals surface area (Å²) in [5.74, 6) is 0.941. The predicted molar refractivity (Wildman–Crippen MR) is 216 cm³/mol. The van der Waals surface area contributed by atoms with Crippen molar-refractivity contribution in [2.75, 3.05) is 13.3 Å². The van der Waals surface area contributed by atoms with Crippen LogP contribution in [-0.4, -0.2) is 13.3 Å². The van der Waals surface area contributed by atoms with Crippen LogP contribution < -0.4 is 21.2 Å². The summed E-state index contributed by atoms with van der Waals surface area (Å²) in [7, 11) is -4.60. The first-order valence-electron chi connectivity index (χ1n) is 17.1. The van der Waals surface area contributed by atoms with Crippen molar-refractivity contribution in [2.45, 2.75) is 39.5 Å². The fraction of sp³-hybridized carbons (Fsp3) is 0.182. The van der Waals surface area contributed by atoms with E-state index in [-0.39, 0.29) is 0 Å². The Morgan fingerprint density at radius 2 is 0.796 bits per heavy atom. The van der Waals surface area contributed by atoms with Crippen molar-refractivity contribution < 1.29 is 4.42 Å². The molecule has 1 aromatic heterocycles. The SMILES string of the molecule is CC(C)c1ccc(N=P(C)(c2ccccc2)c2cccc3c2oc2c(P(C)(=Nc4ccc(C(C)C)cc4)c4ccccc4)cccc23)cc1. The molecule has 0 N–H and O–H groups in total. The van der Waals surface area contributed by atoms with Gasteiger partial charge in [0.05, 0.1) is 11.4 Å². The minimum Gasteiger partial charge on any atom is -0.455 e. The van der Waals surface area contributed by atoms with Crippen LogP contribution in [0.2, 0.25) is 0 Å². The number of benzene rings is 6. The van der Waals surface area contributed by atoms with E-state index >= 15 is 0 Å². The van der Waals surface area contributed by atoms with E-state index in [1.165, 1.54) is 21.7 Å². The first-order chi connectivity index (χ1) is 23.7. The molecule has 0 saturated heterocycles. The first kappa shape index (κ1) is 33.1. The quantitative estimate of drug-likeness (QED) is 0.147. The van der Waals surface area contributed by atoms with Gasteiger partial charge in [0.1, 0.15) is 11.2 Å². The van der Waals surface area contributed by atoms with E-state index in [1.54, 1.807) is 0 Å². The Morgan fingerprint density at radius 1 is 0.429 bits per heavy atom. The average molecular weight is 679 g/mol. The lowest BCUT2D eigenvalue weighted by molar-refractivity contribution is 0.674. The third-order valence-corrected chi connectivity index (χ3v) is 16.1. The van der Waals surface area contributed by atoms with E-state index in [0.29, 0.717) is 11.8 Å². The second-order valence-corrected chi connectivity index (χ2v) is 19.9. The Hall–Kier alpha value is -4.42. The average Bonchev–Trinajstić information content (AvgIpc) is 3.52. The van der Waals surface area contributed by atoms with Crippen molar-refractivity contribution in [1.29, 1.82) is 0 Å². The molecule has 2 unspecified atom stereocenters. The first-order valence-corrected chi connectivity index (χ1v) is 21.5. The Kier molecular flexibility index (Phi) is 9.10. The van der Waals surface area contributed by atoms with E-state index < -0.39 is 14.1 Å². The van der Waals surface area contributed by atoms with Gasteiger partial charge >= 0.3 is 0 Å². The Bertz CT molecular complexity index is 2190. The highest BCUT2D eigenvalue weighted by atomic mass is 31.2. The van der Waals surface area contributed by atoms with Gasteiger partial charge in [0.15, 0.2) is 0 Å². The van der Waals surface area contributed by atoms with Gasteiger partial charge in [-0.1, -0.05) is 137 Å². The highest BCUT2D eigenvalue weighted by Crippen LogP contribution is 2.51. The maximum absolute atomic E-state index is 7.16. The zero-order chi connectivity index (χ0) is 34.2. The molecule has 0 aliphatic carbocycles. The summed E-state index contributed by atoms with van der Waals surface area (Å²) in [6, 6.07) is 52.2. The molecule has 7 aromatic rings. The summed E-state index contributed by atoms with van der Waals surface area (Å²) in [5, 5.41) is 6.96. The van der Waals surface area contributed by atoms with Crippen LogP contribution in [0.3, 0.4) is 0 Å². The number of hydrogen-bond donors (Lipinski definition) is 0. The van der Waals surface area contributed by atoms with Crippen LogP contribution in [0.15, 0.2) is 159 Å². The Balaban J connectivity index is 1.49. The van der Waals surface area contributed by atoms with Gasteiger partial charge in [-0.05, 0) is 83.3 Å². The van der Waals surface area contributed by atoms with Gasteiger partial charge in [0.25, 0.3) is 0 Å². The van der Waals surface area contributed by atoms with Gasteiger partial charge in [0, 0.05) is 35.5 Å². The molecular weight excluding hydrogens is 634 g/mol. The molecule has 2 atom stereocenters. The predicted octanol–water partition coefficient (Wildman–Crippen LogP) is 12.1. The molecule has 0 aliphatic heterocycles. The minimum atomic E-state index is -2.30. The van der Waals surface area contributed by atoms with Crippen LogP contribution >= 0.6 is 14.1 Å². The van der Waals surface area contributed by atoms with Gasteiger partial charge < -0.3 is 4.42 Å². The van der Waals surface area contributed by atoms with E-state index in [9.17, 15) is 0 Å². The minimum absolute atomic E-state index is 0.471. The molecule has 1 heterocycles. The monoisotopic (exact) mass is 678 g/mol. The van der Waals surface area contributed by atoms with Crippen LogP contribution in [0.5, 0.6) is 0 Å². The van der Waals surface area contributed by atoms with Gasteiger partial charge in [-0.15, -0.1) is 0 Å². The molecule has 6 aromatic carbocycles. The molecule has 49 heavy (non-hydrogen) atoms. The van der Waals surface area contributed by atoms with Gasteiger partial charge in [-0.3, -0.25) is 9.49 Å². The number of rotatable bonds is 8. The van der Waals surface area contributed by atoms with Gasteiger partial charge in [-0.25, -0.2) is 0 Å². The van der Waals surface area contributed by atoms with Crippen molar-refractivity contribution >= 4 is 68.6 Å². The number of hydrogen-bond acceptors (Lipinski definition) is 3. The van der Waals surface area contributed by atoms with Crippen LogP contribution in [0, 0.1) is 0 Å². The summed E-state index contributed by atoms with van der Waals surface area (Å²) >= 11 is 0. The van der Waals surface area contributed by atoms with Crippen LogP contribution in [-0.2, 0) is 0 Å². The van der Waals surface area contributed by atoms with E-state index in [0.717, 1.165) is 43.9 Å². The normalized spacial score (nSPS) is 14.2. The number of nitrogens with zero attached hydrogens (tertiary/aromatic N) is 2. The lowest BCUT2D eigenvalue weighted by Crippen LogP contribution is -2.16. The zero-order valence-corrected chi connectivity index (χ0v) is 31.0. The molecule has 7 rings (SSSR count). The molecule has 0 saturated carbocycles. The van der Waals surface area contributed by atoms with Crippen molar-refractivity contribution in [1.82, 2.24) is 0 Å². The third kappa shape index (κ3) is 6.27. The third-order valence-electron chi connectivity index (χ3n) is 9.69. The summed E-state index contributed by atoms with van der Waals surface area (Å²) in [6.45, 7) is 13.5. The van der Waals surface area contributed by atoms with E-state index in [4.69, 9.17) is 13.9 Å². The highest BCUT2D eigenvalue weighted by Gasteiger charge is 2.28. The maximum atomic E-state index is 7.16. The second-order valence-electron chi connectivity index (χ2n) is 13.7. The lowest BCUT2D eigenvalue weighted by atomic mass is 10.0. The number of para-hydroxylation sites is 2. The van der Waals surface area contributed by atoms with Crippen molar-refractivity contribution in [3.8, 4) is 0 Å². The Labute approximate surface area is 291 Å². The maximum Gasteiger partial charge on any atom is 0.144 e. The summed E-state index contributed by atoms with van der Waals surface area (Å²) in [5.41, 5.74) is 6.43. The van der Waals surface area contributed by atoms with Gasteiger partial charge in [-0.2, -0.15) is 0 Å². The highest BCUT2D eigenvalue weighted by molar-refractivity contribution is 7.81. The Morgan fingerprint density at radius 3 is 1.14 bits per heavy atom. The van der Waals surface area contributed by atoms with E-state index in [2.05, 4.69) is 187 Å². The second kappa shape index (κ2) is 13.5. The number of fused-ring (bicyclic) bond motifs is 3. The number of furan rings is 1. The molecule has 246 valence electrons. The molecule has 0 amide bonds. The summed E-state index contributed by atoms with van der Waals surface area (Å²) < 4.78 is 18.3. The summed E-state index contributed by atoms with van der Waals surface area (Å²) in [4.78, 5) is 0. The zero-order valence-electron chi connectivity index (χ0n) is 29.2. The van der Waals surface area contributed by atoms with Crippen LogP contribution in [0.25, 0.3) is 21.9 Å². The fourth-order valence-electron chi connectivity index (χ4n) is 6.73. The standard InChI is InChI=1S/C44H44N2OP2/c1-31(2)33-23-27-35(28-24-33)45-48(5,37-15-9-7-10-16-37)41-21-13-19-39-40-20-14-22-42(44(40)47-43(39)41)49(6,38-17-11-8-12-18-38)46-36-29-25-34(26-30-36)32(3)4/h7-32H,1-6H3. The molecule has 0 aliphatic rings. The summed E-state index contributed by atoms with van der Waals surface area (Å²) in [6.07, 6.45) is 0. The van der Waals surface area contributed by atoms with Gasteiger partial charge in [0.2, 0.25) is 0 Å². The van der Waals surface area contributed by atoms with Crippen LogP contribution in [0.1, 0.15) is 50.7 Å². The smallest absolute Gasteiger partial charge is 0.144 e. The van der Waals surface area contributed by atoms with Crippen molar-refractivity contribution in [3.05, 3.63) is 157 Å². The molecule has 3 nitrogen and oxygen atoms in total. The van der Waals surface area contributed by atoms with Crippen LogP contribution in [0.4, 0.5) is 11.4 Å². The molecule has 0 bridgehead atoms. The lowest BCUT2D eigenvalue weighted by Gasteiger charge is -2.22. The molecule has 0 radical (unpaired) electrons. The van der Waals surface area contributed by atoms with Crippen molar-refractivity contribution in [2.24, 2.45) is 9.49 Å². The topological polar surface area (TPSA) is 37.9 Å². The van der Waals surface area contributed by atoms with E-state index in [1.807, 2.05) is 0 Å². The molecule has 0 spiro atoms. The fourth-order valence-corrected chi connectivity index (χ4v) is 12.3. The largest absolute Gasteiger partial charge is 0.455 e.